The van der Waals surface area contributed by atoms with Crippen molar-refractivity contribution in [3.05, 3.63) is 42.7 Å². The first-order chi connectivity index (χ1) is 12.5. The second-order valence-corrected chi connectivity index (χ2v) is 9.66. The summed E-state index contributed by atoms with van der Waals surface area (Å²) in [5.41, 5.74) is 8.13. The quantitative estimate of drug-likeness (QED) is 0.496. The number of rotatable bonds is 4. The number of nitrogens with zero attached hydrogens (tertiary/aromatic N) is 4. The number of anilines is 1. The fourth-order valence-corrected chi connectivity index (χ4v) is 3.34. The molecule has 0 unspecified atom stereocenters. The molecule has 0 bridgehead atoms. The molecule has 2 aromatic heterocycles. The van der Waals surface area contributed by atoms with E-state index in [0.29, 0.717) is 28.2 Å². The van der Waals surface area contributed by atoms with Gasteiger partial charge in [0.05, 0.1) is 11.4 Å². The van der Waals surface area contributed by atoms with Crippen LogP contribution in [-0.4, -0.2) is 49.3 Å². The second-order valence-electron chi connectivity index (χ2n) is 5.84. The van der Waals surface area contributed by atoms with Crippen molar-refractivity contribution >= 4 is 25.4 Å². The van der Waals surface area contributed by atoms with Crippen molar-refractivity contribution in [3.63, 3.8) is 0 Å². The summed E-state index contributed by atoms with van der Waals surface area (Å²) in [5, 5.41) is -0.601. The number of sulfone groups is 2. The van der Waals surface area contributed by atoms with Gasteiger partial charge < -0.3 is 5.73 Å². The molecule has 9 nitrogen and oxygen atoms in total. The number of hydrogen-bond acceptors (Lipinski definition) is 9. The standard InChI is InChI=1S/C16H15N5O4S2/c1-26(22,23)15-18-5-3-13(20-15)10-7-11(9-12(17)8-10)14-4-6-19-16(21-14)27(2,24)25/h3-9H,17H2,1-2H3. The summed E-state index contributed by atoms with van der Waals surface area (Å²) in [6, 6.07) is 8.02. The minimum atomic E-state index is -3.57. The van der Waals surface area contributed by atoms with Gasteiger partial charge in [-0.1, -0.05) is 0 Å². The SMILES string of the molecule is CS(=O)(=O)c1nccc(-c2cc(N)cc(-c3ccnc(S(C)(=O)=O)n3)c2)n1. The van der Waals surface area contributed by atoms with Crippen LogP contribution < -0.4 is 5.73 Å². The van der Waals surface area contributed by atoms with Gasteiger partial charge in [0.25, 0.3) is 0 Å². The van der Waals surface area contributed by atoms with Crippen LogP contribution in [0.4, 0.5) is 5.69 Å². The molecule has 2 N–H and O–H groups in total. The topological polar surface area (TPSA) is 146 Å². The third-order valence-electron chi connectivity index (χ3n) is 3.48. The lowest BCUT2D eigenvalue weighted by Gasteiger charge is -2.08. The van der Waals surface area contributed by atoms with Crippen LogP contribution in [0, 0.1) is 0 Å². The Labute approximate surface area is 156 Å². The van der Waals surface area contributed by atoms with Crippen molar-refractivity contribution in [3.8, 4) is 22.5 Å². The van der Waals surface area contributed by atoms with Gasteiger partial charge in [-0.05, 0) is 30.3 Å². The molecule has 0 saturated heterocycles. The van der Waals surface area contributed by atoms with Crippen LogP contribution in [0.25, 0.3) is 22.5 Å². The van der Waals surface area contributed by atoms with Crippen LogP contribution in [0.15, 0.2) is 53.0 Å². The van der Waals surface area contributed by atoms with Crippen molar-refractivity contribution < 1.29 is 16.8 Å². The minimum absolute atomic E-state index is 0.301. The van der Waals surface area contributed by atoms with Gasteiger partial charge in [0.15, 0.2) is 0 Å². The highest BCUT2D eigenvalue weighted by Crippen LogP contribution is 2.28. The van der Waals surface area contributed by atoms with E-state index in [1.165, 1.54) is 12.4 Å². The zero-order chi connectivity index (χ0) is 19.8. The molecule has 11 heteroatoms. The number of benzene rings is 1. The molecular formula is C16H15N5O4S2. The van der Waals surface area contributed by atoms with E-state index in [2.05, 4.69) is 19.9 Å². The van der Waals surface area contributed by atoms with E-state index >= 15 is 0 Å². The van der Waals surface area contributed by atoms with Crippen molar-refractivity contribution in [1.82, 2.24) is 19.9 Å². The molecule has 0 aliphatic rings. The molecule has 0 aliphatic heterocycles. The Morgan fingerprint density at radius 1 is 0.741 bits per heavy atom. The summed E-state index contributed by atoms with van der Waals surface area (Å²) in [4.78, 5) is 15.6. The third kappa shape index (κ3) is 4.26. The Kier molecular flexibility index (Phi) is 4.66. The highest BCUT2D eigenvalue weighted by Gasteiger charge is 2.15. The minimum Gasteiger partial charge on any atom is -0.399 e. The molecule has 1 aromatic carbocycles. The Hall–Kier alpha value is -2.92. The molecule has 0 atom stereocenters. The summed E-state index contributed by atoms with van der Waals surface area (Å²) >= 11 is 0. The first kappa shape index (κ1) is 18.9. The Bertz CT molecular complexity index is 1150. The Morgan fingerprint density at radius 2 is 1.15 bits per heavy atom. The van der Waals surface area contributed by atoms with Crippen LogP contribution in [0.1, 0.15) is 0 Å². The van der Waals surface area contributed by atoms with E-state index in [1.807, 2.05) is 0 Å². The maximum Gasteiger partial charge on any atom is 0.247 e. The molecule has 0 spiro atoms. The van der Waals surface area contributed by atoms with Crippen molar-refractivity contribution in [2.24, 2.45) is 0 Å². The smallest absolute Gasteiger partial charge is 0.247 e. The maximum atomic E-state index is 11.7. The Morgan fingerprint density at radius 3 is 1.52 bits per heavy atom. The molecule has 0 radical (unpaired) electrons. The lowest BCUT2D eigenvalue weighted by molar-refractivity contribution is 0.591. The molecular weight excluding hydrogens is 390 g/mol. The lowest BCUT2D eigenvalue weighted by atomic mass is 10.0. The van der Waals surface area contributed by atoms with Crippen LogP contribution >= 0.6 is 0 Å². The molecule has 2 heterocycles. The van der Waals surface area contributed by atoms with E-state index in [0.717, 1.165) is 12.5 Å². The van der Waals surface area contributed by atoms with Gasteiger partial charge in [-0.25, -0.2) is 36.8 Å². The summed E-state index contributed by atoms with van der Waals surface area (Å²) in [6.07, 6.45) is 4.72. The number of nitrogen functional groups attached to an aromatic ring is 1. The Balaban J connectivity index is 2.14. The van der Waals surface area contributed by atoms with Gasteiger partial charge in [0.2, 0.25) is 30.0 Å². The van der Waals surface area contributed by atoms with Crippen LogP contribution in [-0.2, 0) is 19.7 Å². The van der Waals surface area contributed by atoms with Crippen LogP contribution in [0.3, 0.4) is 0 Å². The largest absolute Gasteiger partial charge is 0.399 e. The van der Waals surface area contributed by atoms with Gasteiger partial charge in [-0.15, -0.1) is 0 Å². The van der Waals surface area contributed by atoms with Gasteiger partial charge in [0, 0.05) is 41.7 Å². The lowest BCUT2D eigenvalue weighted by Crippen LogP contribution is -2.05. The monoisotopic (exact) mass is 405 g/mol. The van der Waals surface area contributed by atoms with Crippen LogP contribution in [0.2, 0.25) is 0 Å². The maximum absolute atomic E-state index is 11.7. The summed E-state index contributed by atoms with van der Waals surface area (Å²) in [5.74, 6) is 0. The predicted octanol–water partition coefficient (Wildman–Crippen LogP) is 0.990. The van der Waals surface area contributed by atoms with E-state index in [4.69, 9.17) is 5.73 Å². The van der Waals surface area contributed by atoms with Gasteiger partial charge in [0.1, 0.15) is 0 Å². The number of hydrogen-bond donors (Lipinski definition) is 1. The van der Waals surface area contributed by atoms with E-state index < -0.39 is 19.7 Å². The molecule has 0 aliphatic carbocycles. The summed E-state index contributed by atoms with van der Waals surface area (Å²) in [6.45, 7) is 0. The van der Waals surface area contributed by atoms with E-state index in [9.17, 15) is 16.8 Å². The zero-order valence-corrected chi connectivity index (χ0v) is 16.0. The van der Waals surface area contributed by atoms with E-state index in [1.54, 1.807) is 30.3 Å². The summed E-state index contributed by atoms with van der Waals surface area (Å²) < 4.78 is 46.7. The molecule has 3 rings (SSSR count). The summed E-state index contributed by atoms with van der Waals surface area (Å²) in [7, 11) is -7.14. The predicted molar refractivity (Wildman–Crippen MR) is 99.1 cm³/mol. The molecule has 0 saturated carbocycles. The zero-order valence-electron chi connectivity index (χ0n) is 14.4. The molecule has 0 fully saturated rings. The molecule has 140 valence electrons. The van der Waals surface area contributed by atoms with Crippen molar-refractivity contribution in [2.75, 3.05) is 18.2 Å². The normalized spacial score (nSPS) is 12.1. The van der Waals surface area contributed by atoms with Crippen LogP contribution in [0.5, 0.6) is 0 Å². The highest BCUT2D eigenvalue weighted by molar-refractivity contribution is 7.90. The van der Waals surface area contributed by atoms with Gasteiger partial charge in [-0.2, -0.15) is 0 Å². The fraction of sp³-hybridized carbons (Fsp3) is 0.125. The first-order valence-corrected chi connectivity index (χ1v) is 11.3. The average molecular weight is 405 g/mol. The highest BCUT2D eigenvalue weighted by atomic mass is 32.2. The van der Waals surface area contributed by atoms with Gasteiger partial charge >= 0.3 is 0 Å². The number of aromatic nitrogens is 4. The number of nitrogens with two attached hydrogens (primary N) is 1. The average Bonchev–Trinajstić information content (AvgIpc) is 2.60. The van der Waals surface area contributed by atoms with Crippen molar-refractivity contribution in [1.29, 1.82) is 0 Å². The first-order valence-electron chi connectivity index (χ1n) is 7.51. The molecule has 27 heavy (non-hydrogen) atoms. The second kappa shape index (κ2) is 6.67. The molecule has 3 aromatic rings. The molecule has 0 amide bonds. The van der Waals surface area contributed by atoms with Gasteiger partial charge in [-0.3, -0.25) is 0 Å². The van der Waals surface area contributed by atoms with Crippen molar-refractivity contribution in [2.45, 2.75) is 10.3 Å². The fourth-order valence-electron chi connectivity index (χ4n) is 2.31. The van der Waals surface area contributed by atoms with E-state index in [-0.39, 0.29) is 10.3 Å². The third-order valence-corrected chi connectivity index (χ3v) is 5.20.